The Hall–Kier alpha value is -2.18. The van der Waals surface area contributed by atoms with Gasteiger partial charge in [-0.3, -0.25) is 4.79 Å². The number of rotatable bonds is 8. The van der Waals surface area contributed by atoms with E-state index in [-0.39, 0.29) is 5.91 Å². The lowest BCUT2D eigenvalue weighted by molar-refractivity contribution is -0.120. The molecule has 2 aromatic rings. The number of carbonyl (C=O) groups is 1. The number of amides is 1. The summed E-state index contributed by atoms with van der Waals surface area (Å²) in [5, 5.41) is 3.00. The molecule has 1 N–H and O–H groups in total. The highest BCUT2D eigenvalue weighted by molar-refractivity contribution is 7.99. The molecule has 1 aliphatic heterocycles. The molecular weight excluding hydrogens is 360 g/mol. The maximum absolute atomic E-state index is 12.1. The van der Waals surface area contributed by atoms with Gasteiger partial charge in [0.1, 0.15) is 5.75 Å². The second-order valence-electron chi connectivity index (χ2n) is 6.32. The second-order valence-corrected chi connectivity index (χ2v) is 7.48. The third-order valence-electron chi connectivity index (χ3n) is 4.46. The van der Waals surface area contributed by atoms with E-state index in [1.165, 1.54) is 5.69 Å². The standard InChI is InChI=1S/C21H26N2O3S/c1-25-19-6-8-20(9-7-19)27-15-10-21(24)22-16-17-2-4-18(5-3-17)23-11-13-26-14-12-23/h2-9H,10-16H2,1H3,(H,22,24). The average molecular weight is 387 g/mol. The van der Waals surface area contributed by atoms with Gasteiger partial charge in [-0.25, -0.2) is 0 Å². The van der Waals surface area contributed by atoms with E-state index in [1.807, 2.05) is 24.3 Å². The van der Waals surface area contributed by atoms with Gasteiger partial charge in [-0.2, -0.15) is 0 Å². The summed E-state index contributed by atoms with van der Waals surface area (Å²) in [6, 6.07) is 16.3. The number of hydrogen-bond donors (Lipinski definition) is 1. The first-order valence-corrected chi connectivity index (χ1v) is 10.2. The molecule has 27 heavy (non-hydrogen) atoms. The van der Waals surface area contributed by atoms with Crippen LogP contribution in [0.3, 0.4) is 0 Å². The maximum Gasteiger partial charge on any atom is 0.221 e. The smallest absolute Gasteiger partial charge is 0.221 e. The molecule has 2 aromatic carbocycles. The van der Waals surface area contributed by atoms with Crippen LogP contribution in [-0.4, -0.2) is 45.1 Å². The Labute approximate surface area is 165 Å². The van der Waals surface area contributed by atoms with E-state index in [4.69, 9.17) is 9.47 Å². The molecule has 1 aliphatic rings. The van der Waals surface area contributed by atoms with Crippen molar-refractivity contribution < 1.29 is 14.3 Å². The van der Waals surface area contributed by atoms with Crippen molar-refractivity contribution in [3.8, 4) is 5.75 Å². The fourth-order valence-corrected chi connectivity index (χ4v) is 3.72. The molecule has 1 saturated heterocycles. The van der Waals surface area contributed by atoms with E-state index in [9.17, 15) is 4.79 Å². The van der Waals surface area contributed by atoms with Crippen LogP contribution in [0.2, 0.25) is 0 Å². The minimum Gasteiger partial charge on any atom is -0.497 e. The van der Waals surface area contributed by atoms with Gasteiger partial charge in [0.15, 0.2) is 0 Å². The van der Waals surface area contributed by atoms with Crippen LogP contribution in [0, 0.1) is 0 Å². The van der Waals surface area contributed by atoms with E-state index in [1.54, 1.807) is 18.9 Å². The van der Waals surface area contributed by atoms with Crippen molar-refractivity contribution in [2.75, 3.05) is 44.1 Å². The van der Waals surface area contributed by atoms with Gasteiger partial charge in [-0.1, -0.05) is 12.1 Å². The number of morpholine rings is 1. The molecule has 5 nitrogen and oxygen atoms in total. The molecule has 0 atom stereocenters. The van der Waals surface area contributed by atoms with E-state index in [0.29, 0.717) is 13.0 Å². The Morgan fingerprint density at radius 2 is 1.81 bits per heavy atom. The molecule has 0 unspecified atom stereocenters. The summed E-state index contributed by atoms with van der Waals surface area (Å²) in [5.74, 6) is 1.68. The highest BCUT2D eigenvalue weighted by Gasteiger charge is 2.10. The average Bonchev–Trinajstić information content (AvgIpc) is 2.74. The van der Waals surface area contributed by atoms with Crippen molar-refractivity contribution >= 4 is 23.4 Å². The van der Waals surface area contributed by atoms with Crippen molar-refractivity contribution in [3.05, 3.63) is 54.1 Å². The van der Waals surface area contributed by atoms with Gasteiger partial charge in [-0.05, 0) is 42.0 Å². The summed E-state index contributed by atoms with van der Waals surface area (Å²) < 4.78 is 10.5. The molecule has 0 radical (unpaired) electrons. The minimum atomic E-state index is 0.0771. The second kappa shape index (κ2) is 10.2. The van der Waals surface area contributed by atoms with Crippen LogP contribution in [0.5, 0.6) is 5.75 Å². The molecule has 1 fully saturated rings. The van der Waals surface area contributed by atoms with Crippen LogP contribution < -0.4 is 15.0 Å². The minimum absolute atomic E-state index is 0.0771. The van der Waals surface area contributed by atoms with Crippen molar-refractivity contribution in [1.29, 1.82) is 0 Å². The third kappa shape index (κ3) is 6.19. The Balaban J connectivity index is 1.37. The van der Waals surface area contributed by atoms with Crippen molar-refractivity contribution in [3.63, 3.8) is 0 Å². The fraction of sp³-hybridized carbons (Fsp3) is 0.381. The van der Waals surface area contributed by atoms with Crippen LogP contribution in [0.25, 0.3) is 0 Å². The number of nitrogens with zero attached hydrogens (tertiary/aromatic N) is 1. The summed E-state index contributed by atoms with van der Waals surface area (Å²) in [6.07, 6.45) is 0.503. The Bertz CT molecular complexity index is 713. The van der Waals surface area contributed by atoms with Gasteiger partial charge in [0.05, 0.1) is 20.3 Å². The molecule has 0 aliphatic carbocycles. The van der Waals surface area contributed by atoms with E-state index < -0.39 is 0 Å². The Morgan fingerprint density at radius 1 is 1.11 bits per heavy atom. The van der Waals surface area contributed by atoms with Crippen LogP contribution in [0.1, 0.15) is 12.0 Å². The van der Waals surface area contributed by atoms with E-state index in [2.05, 4.69) is 34.5 Å². The Kier molecular flexibility index (Phi) is 7.42. The van der Waals surface area contributed by atoms with Gasteiger partial charge < -0.3 is 19.7 Å². The lowest BCUT2D eigenvalue weighted by atomic mass is 10.2. The van der Waals surface area contributed by atoms with Gasteiger partial charge in [0, 0.05) is 42.4 Å². The lowest BCUT2D eigenvalue weighted by Gasteiger charge is -2.28. The number of anilines is 1. The zero-order valence-corrected chi connectivity index (χ0v) is 16.5. The predicted molar refractivity (Wildman–Crippen MR) is 110 cm³/mol. The van der Waals surface area contributed by atoms with Gasteiger partial charge in [0.25, 0.3) is 0 Å². The molecule has 6 heteroatoms. The summed E-state index contributed by atoms with van der Waals surface area (Å²) in [7, 11) is 1.66. The highest BCUT2D eigenvalue weighted by Crippen LogP contribution is 2.22. The molecule has 0 saturated carbocycles. The number of benzene rings is 2. The van der Waals surface area contributed by atoms with Gasteiger partial charge in [0.2, 0.25) is 5.91 Å². The number of ether oxygens (including phenoxy) is 2. The zero-order chi connectivity index (χ0) is 18.9. The largest absolute Gasteiger partial charge is 0.497 e. The molecule has 3 rings (SSSR count). The van der Waals surface area contributed by atoms with Crippen molar-refractivity contribution in [2.45, 2.75) is 17.9 Å². The van der Waals surface area contributed by atoms with Crippen LogP contribution in [-0.2, 0) is 16.1 Å². The number of hydrogen-bond acceptors (Lipinski definition) is 5. The normalized spacial score (nSPS) is 14.0. The maximum atomic E-state index is 12.1. The van der Waals surface area contributed by atoms with Crippen LogP contribution in [0.4, 0.5) is 5.69 Å². The van der Waals surface area contributed by atoms with Crippen LogP contribution >= 0.6 is 11.8 Å². The summed E-state index contributed by atoms with van der Waals surface area (Å²) >= 11 is 1.68. The lowest BCUT2D eigenvalue weighted by Crippen LogP contribution is -2.36. The fourth-order valence-electron chi connectivity index (χ4n) is 2.87. The summed E-state index contributed by atoms with van der Waals surface area (Å²) in [4.78, 5) is 15.5. The van der Waals surface area contributed by atoms with Crippen LogP contribution in [0.15, 0.2) is 53.4 Å². The van der Waals surface area contributed by atoms with Gasteiger partial charge in [-0.15, -0.1) is 11.8 Å². The number of methoxy groups -OCH3 is 1. The van der Waals surface area contributed by atoms with Crippen molar-refractivity contribution in [2.24, 2.45) is 0 Å². The SMILES string of the molecule is COc1ccc(SCCC(=O)NCc2ccc(N3CCOCC3)cc2)cc1. The number of thioether (sulfide) groups is 1. The molecular formula is C21H26N2O3S. The van der Waals surface area contributed by atoms with Crippen molar-refractivity contribution in [1.82, 2.24) is 5.32 Å². The molecule has 0 spiro atoms. The molecule has 144 valence electrons. The third-order valence-corrected chi connectivity index (χ3v) is 5.47. The topological polar surface area (TPSA) is 50.8 Å². The highest BCUT2D eigenvalue weighted by atomic mass is 32.2. The number of carbonyl (C=O) groups excluding carboxylic acids is 1. The molecule has 0 bridgehead atoms. The quantitative estimate of drug-likeness (QED) is 0.706. The predicted octanol–water partition coefficient (Wildman–Crippen LogP) is 3.33. The summed E-state index contributed by atoms with van der Waals surface area (Å²) in [6.45, 7) is 4.00. The first-order valence-electron chi connectivity index (χ1n) is 9.20. The first kappa shape index (κ1) is 19.6. The van der Waals surface area contributed by atoms with Gasteiger partial charge >= 0.3 is 0 Å². The molecule has 1 amide bonds. The Morgan fingerprint density at radius 3 is 2.48 bits per heavy atom. The zero-order valence-electron chi connectivity index (χ0n) is 15.6. The van der Waals surface area contributed by atoms with E-state index >= 15 is 0 Å². The summed E-state index contributed by atoms with van der Waals surface area (Å²) in [5.41, 5.74) is 2.33. The monoisotopic (exact) mass is 386 g/mol. The molecule has 1 heterocycles. The molecule has 0 aromatic heterocycles. The van der Waals surface area contributed by atoms with E-state index in [0.717, 1.165) is 48.3 Å². The number of nitrogens with one attached hydrogen (secondary N) is 1. The first-order chi connectivity index (χ1) is 13.2.